The van der Waals surface area contributed by atoms with Gasteiger partial charge in [0.2, 0.25) is 0 Å². The Hall–Kier alpha value is -6.46. The van der Waals surface area contributed by atoms with Gasteiger partial charge < -0.3 is 19.0 Å². The molecule has 10 aromatic rings. The Bertz CT molecular complexity index is 3740. The Morgan fingerprint density at radius 3 is 2.03 bits per heavy atom. The van der Waals surface area contributed by atoms with E-state index in [1.165, 1.54) is 77.0 Å². The SMILES string of the molecule is CC(C)c1cc(-c2ccc(C3(C)CCC(C)(C)CC3)cc2)cc(C(C)C)c1-n1c(-c2[c-]ccc3c2oc2cc(-c4ccccc4)ccc23)nc2ccccc21.[2H]C([2H])([2H])c1ccc(-c2ccc(C([2H])([2H])C(C)(C)C)cn2)[c-]n1.[Ir]. The summed E-state index contributed by atoms with van der Waals surface area (Å²) in [5, 5.41) is 2.16. The number of benzene rings is 6. The molecule has 6 heteroatoms. The molecule has 4 heterocycles. The van der Waals surface area contributed by atoms with Crippen LogP contribution in [0.5, 0.6) is 0 Å². The number of nitrogens with zero attached hydrogens (tertiary/aromatic N) is 4. The van der Waals surface area contributed by atoms with Crippen molar-refractivity contribution in [2.45, 2.75) is 125 Å². The summed E-state index contributed by atoms with van der Waals surface area (Å²) in [4.78, 5) is 13.5. The average molecular weight is 1160 g/mol. The van der Waals surface area contributed by atoms with Crippen LogP contribution in [0.25, 0.3) is 83.6 Å². The number of para-hydroxylation sites is 2. The van der Waals surface area contributed by atoms with E-state index in [4.69, 9.17) is 16.3 Å². The van der Waals surface area contributed by atoms with Crippen molar-refractivity contribution >= 4 is 33.0 Å². The van der Waals surface area contributed by atoms with Gasteiger partial charge in [-0.15, -0.1) is 35.9 Å². The quantitative estimate of drug-likeness (QED) is 0.135. The fraction of sp³-hybridized carbons (Fsp3) is 0.309. The zero-order valence-corrected chi connectivity index (χ0v) is 46.8. The van der Waals surface area contributed by atoms with Crippen LogP contribution in [0.4, 0.5) is 0 Å². The van der Waals surface area contributed by atoms with Crippen molar-refractivity contribution in [3.8, 4) is 50.6 Å². The second kappa shape index (κ2) is 21.0. The summed E-state index contributed by atoms with van der Waals surface area (Å²) in [6, 6.07) is 54.1. The summed E-state index contributed by atoms with van der Waals surface area (Å²) in [7, 11) is 0. The summed E-state index contributed by atoms with van der Waals surface area (Å²) in [6.07, 6.45) is 7.74. The van der Waals surface area contributed by atoms with Crippen LogP contribution in [-0.2, 0) is 31.9 Å². The van der Waals surface area contributed by atoms with E-state index in [2.05, 4.69) is 191 Å². The molecular weight excluding hydrogens is 1080 g/mol. The predicted molar refractivity (Wildman–Crippen MR) is 305 cm³/mol. The van der Waals surface area contributed by atoms with Crippen LogP contribution in [-0.4, -0.2) is 19.5 Å². The minimum absolute atomic E-state index is 0. The van der Waals surface area contributed by atoms with Gasteiger partial charge in [0.1, 0.15) is 5.58 Å². The summed E-state index contributed by atoms with van der Waals surface area (Å²) < 4.78 is 47.6. The van der Waals surface area contributed by atoms with E-state index in [-0.39, 0.29) is 43.1 Å². The van der Waals surface area contributed by atoms with Gasteiger partial charge in [-0.05, 0) is 153 Å². The zero-order chi connectivity index (χ0) is 55.5. The minimum atomic E-state index is -2.25. The molecule has 379 valence electrons. The normalized spacial score (nSPS) is 15.7. The first-order valence-corrected chi connectivity index (χ1v) is 26.0. The van der Waals surface area contributed by atoms with Crippen LogP contribution in [0.3, 0.4) is 0 Å². The van der Waals surface area contributed by atoms with E-state index < -0.39 is 18.6 Å². The zero-order valence-electron chi connectivity index (χ0n) is 49.4. The Balaban J connectivity index is 0.000000266. The monoisotopic (exact) mass is 1160 g/mol. The fourth-order valence-corrected chi connectivity index (χ4v) is 10.5. The van der Waals surface area contributed by atoms with Gasteiger partial charge in [-0.25, -0.2) is 0 Å². The Morgan fingerprint density at radius 1 is 0.716 bits per heavy atom. The molecule has 0 bridgehead atoms. The number of hydrogen-bond donors (Lipinski definition) is 0. The molecule has 1 aliphatic carbocycles. The maximum atomic E-state index is 8.23. The molecule has 0 atom stereocenters. The third-order valence-electron chi connectivity index (χ3n) is 14.8. The number of furan rings is 1. The second-order valence-electron chi connectivity index (χ2n) is 22.8. The fourth-order valence-electron chi connectivity index (χ4n) is 10.5. The van der Waals surface area contributed by atoms with Crippen molar-refractivity contribution in [1.82, 2.24) is 19.5 Å². The second-order valence-corrected chi connectivity index (χ2v) is 22.8. The van der Waals surface area contributed by atoms with Gasteiger partial charge in [0, 0.05) is 44.2 Å². The van der Waals surface area contributed by atoms with E-state index in [9.17, 15) is 0 Å². The van der Waals surface area contributed by atoms with Crippen molar-refractivity contribution in [2.75, 3.05) is 0 Å². The predicted octanol–water partition coefficient (Wildman–Crippen LogP) is 18.7. The topological polar surface area (TPSA) is 56.7 Å². The van der Waals surface area contributed by atoms with E-state index in [1.807, 2.05) is 26.8 Å². The van der Waals surface area contributed by atoms with Crippen LogP contribution in [0, 0.1) is 29.9 Å². The van der Waals surface area contributed by atoms with Crippen molar-refractivity contribution in [1.29, 1.82) is 0 Å². The van der Waals surface area contributed by atoms with Crippen LogP contribution in [0.2, 0.25) is 0 Å². The summed E-state index contributed by atoms with van der Waals surface area (Å²) in [6.45, 7) is 19.8. The molecule has 0 unspecified atom stereocenters. The number of imidazole rings is 1. The molecule has 1 aliphatic rings. The van der Waals surface area contributed by atoms with Crippen molar-refractivity contribution < 1.29 is 31.4 Å². The van der Waals surface area contributed by atoms with Crippen LogP contribution in [0.1, 0.15) is 142 Å². The third kappa shape index (κ3) is 10.9. The molecule has 0 amide bonds. The van der Waals surface area contributed by atoms with Gasteiger partial charge in [0.25, 0.3) is 0 Å². The van der Waals surface area contributed by atoms with Gasteiger partial charge in [0.05, 0.1) is 22.4 Å². The first kappa shape index (κ1) is 46.1. The summed E-state index contributed by atoms with van der Waals surface area (Å²) >= 11 is 0. The summed E-state index contributed by atoms with van der Waals surface area (Å²) in [5.41, 5.74) is 16.5. The van der Waals surface area contributed by atoms with Crippen LogP contribution < -0.4 is 0 Å². The largest absolute Gasteiger partial charge is 0.501 e. The number of aryl methyl sites for hydroxylation is 1. The number of fused-ring (bicyclic) bond motifs is 4. The standard InChI is InChI=1S/C52H51N2O.C16H19N2.Ir/c1-33(2)43-30-38(36-20-23-39(24-21-36)52(7)28-26-51(5,6)27-29-52)31-44(34(3)4)48(43)54-46-19-12-11-18-45(46)53-50(54)42-17-13-16-41-40-25-22-37(32-47(40)55-49(41)42)35-14-9-8-10-15-35;1-12-5-7-14(11-17-12)15-8-6-13(10-18-15)9-16(2,3)4;/h8-16,18-25,30-34H,26-29H2,1-7H3;5-8,10H,9H2,1-4H3;/q2*-1;/i;1D3,9D2;. The molecule has 0 saturated heterocycles. The smallest absolute Gasteiger partial charge is 0.121 e. The van der Waals surface area contributed by atoms with Crippen molar-refractivity contribution in [3.05, 3.63) is 192 Å². The van der Waals surface area contributed by atoms with Gasteiger partial charge in [0.15, 0.2) is 0 Å². The Morgan fingerprint density at radius 2 is 1.39 bits per heavy atom. The maximum Gasteiger partial charge on any atom is 0.121 e. The third-order valence-corrected chi connectivity index (χ3v) is 14.8. The molecule has 4 aromatic heterocycles. The first-order valence-electron chi connectivity index (χ1n) is 28.5. The van der Waals surface area contributed by atoms with Crippen molar-refractivity contribution in [3.63, 3.8) is 0 Å². The molecule has 6 aromatic carbocycles. The van der Waals surface area contributed by atoms with Crippen molar-refractivity contribution in [2.24, 2.45) is 10.8 Å². The van der Waals surface area contributed by atoms with E-state index in [0.29, 0.717) is 22.2 Å². The molecule has 0 aliphatic heterocycles. The molecule has 74 heavy (non-hydrogen) atoms. The number of rotatable bonds is 9. The molecule has 1 saturated carbocycles. The molecule has 11 rings (SSSR count). The van der Waals surface area contributed by atoms with Crippen LogP contribution >= 0.6 is 0 Å². The maximum absolute atomic E-state index is 8.23. The Kier molecular flexibility index (Phi) is 13.1. The van der Waals surface area contributed by atoms with Crippen LogP contribution in [0.15, 0.2) is 156 Å². The first-order chi connectivity index (χ1) is 36.9. The van der Waals surface area contributed by atoms with E-state index in [0.717, 1.165) is 49.9 Å². The Labute approximate surface area is 460 Å². The minimum Gasteiger partial charge on any atom is -0.501 e. The number of pyridine rings is 2. The average Bonchev–Trinajstić information content (AvgIpc) is 4.16. The van der Waals surface area contributed by atoms with Gasteiger partial charge in [-0.3, -0.25) is 4.98 Å². The molecule has 1 radical (unpaired) electrons. The van der Waals surface area contributed by atoms with E-state index >= 15 is 0 Å². The molecule has 0 spiro atoms. The van der Waals surface area contributed by atoms with Gasteiger partial charge >= 0.3 is 0 Å². The van der Waals surface area contributed by atoms with Gasteiger partial charge in [-0.1, -0.05) is 178 Å². The molecule has 1 fully saturated rings. The van der Waals surface area contributed by atoms with Gasteiger partial charge in [-0.2, -0.15) is 0 Å². The summed E-state index contributed by atoms with van der Waals surface area (Å²) in [5.74, 6) is 1.39. The molecule has 0 N–H and O–H groups in total. The molecule has 5 nitrogen and oxygen atoms in total. The number of hydrogen-bond acceptors (Lipinski definition) is 4. The van der Waals surface area contributed by atoms with E-state index in [1.54, 1.807) is 18.2 Å². The molecular formula is C68H70IrN4O-2. The number of aromatic nitrogens is 4.